The molecule has 5 heterocycles. The van der Waals surface area contributed by atoms with Gasteiger partial charge in [0.2, 0.25) is 6.29 Å². The SMILES string of the molecule is C[C@H]1O[C@H](O[C@@H]2[C@@H](OC(=O)[C@@]34CCC(C)(C)C[C@@H]3C3=CCC5[C@]6(C)C[C@@H](O)[C@@H](O[C@H]7O[C@@H](CO)[C@H](O)[C@@H](O)[C@@H]7O)[C@](C)(CO)C6[C@@H](O)C[C@]5(C)[C@@]3(C)C[C@@H]4O)OC[C@@H](O)[C@H]2O)[C@@H](O)[C@@H](O)[C@@H]1O[C@H]1OC[C@H](O)[C@@H](O[C@@H]2OC[C@@](O)(CO)[C@@H]2O)[C@@H]1O. The number of allylic oxidation sites excluding steroid dienone is 2. The Morgan fingerprint density at radius 1 is 0.600 bits per heavy atom. The van der Waals surface area contributed by atoms with Gasteiger partial charge in [-0.3, -0.25) is 4.79 Å². The molecule has 4 saturated carbocycles. The van der Waals surface area contributed by atoms with Crippen molar-refractivity contribution >= 4 is 5.97 Å². The largest absolute Gasteiger partial charge is 0.432 e. The quantitative estimate of drug-likeness (QED) is 0.0465. The fourth-order valence-corrected chi connectivity index (χ4v) is 17.5. The van der Waals surface area contributed by atoms with E-state index in [9.17, 15) is 86.8 Å². The van der Waals surface area contributed by atoms with E-state index < -0.39 is 238 Å². The van der Waals surface area contributed by atoms with E-state index in [4.69, 9.17) is 47.4 Å². The Labute approximate surface area is 491 Å². The predicted octanol–water partition coefficient (Wildman–Crippen LogP) is -5.38. The zero-order valence-electron chi connectivity index (χ0n) is 49.0. The number of ether oxygens (including phenoxy) is 10. The molecule has 28 heteroatoms. The number of hydrogen-bond donors (Lipinski definition) is 17. The summed E-state index contributed by atoms with van der Waals surface area (Å²) in [4.78, 5) is 15.4. The summed E-state index contributed by atoms with van der Waals surface area (Å²) in [6, 6.07) is 0. The molecule has 5 aliphatic heterocycles. The molecular formula is C57H92O28. The average molecular weight is 1230 g/mol. The number of carbonyl (C=O) groups excluding carboxylic acids is 1. The summed E-state index contributed by atoms with van der Waals surface area (Å²) in [6.45, 7) is 9.53. The highest BCUT2D eigenvalue weighted by atomic mass is 16.8. The molecule has 0 bridgehead atoms. The van der Waals surface area contributed by atoms with Gasteiger partial charge < -0.3 is 134 Å². The van der Waals surface area contributed by atoms with Crippen LogP contribution in [0, 0.1) is 50.2 Å². The summed E-state index contributed by atoms with van der Waals surface area (Å²) in [5.41, 5.74) is -7.31. The molecule has 28 nitrogen and oxygen atoms in total. The molecule has 0 radical (unpaired) electrons. The molecule has 10 aliphatic rings. The molecule has 85 heavy (non-hydrogen) atoms. The third-order valence-corrected chi connectivity index (χ3v) is 22.4. The third-order valence-electron chi connectivity index (χ3n) is 22.4. The van der Waals surface area contributed by atoms with Crippen LogP contribution in [0.4, 0.5) is 0 Å². The second-order valence-electron chi connectivity index (χ2n) is 28.1. The molecule has 2 unspecified atom stereocenters. The molecule has 10 rings (SSSR count). The standard InChI is InChI=1S/C57H92O28/c1-22-39(81-45-38(72)40(28(64)18-76-45)82-49-43(73)56(75,20-60)21-78-49)35(69)37(71)46(79-22)83-41-32(66)27(63)17-77-48(41)85-50(74)57-11-10-51(2,3)12-24(57)23-8-9-30-52(4)13-26(62)44(84-47-36(70)34(68)33(67)29(16-58)80-47)53(5,19-59)42(52)25(61)14-55(30,7)54(23,6)15-31(57)65/h8,22,24-49,58-73,75H,9-21H2,1-7H3/t22-,24-,25+,26-,27-,28+,29+,30?,31+,32-,33+,34-,35-,36+,37+,38+,39-,40-,41+,42?,43-,44-,45-,46-,47-,48-,49+,52+,53-,54+,55+,56+,57+/m1/s1. The van der Waals surface area contributed by atoms with Crippen LogP contribution in [0.2, 0.25) is 0 Å². The van der Waals surface area contributed by atoms with Gasteiger partial charge in [0.05, 0.1) is 70.2 Å². The zero-order chi connectivity index (χ0) is 62.2. The van der Waals surface area contributed by atoms with Crippen LogP contribution in [0.15, 0.2) is 11.6 Å². The minimum Gasteiger partial charge on any atom is -0.432 e. The summed E-state index contributed by atoms with van der Waals surface area (Å²) >= 11 is 0. The average Bonchev–Trinajstić information content (AvgIpc) is 0.961. The van der Waals surface area contributed by atoms with Gasteiger partial charge in [-0.25, -0.2) is 0 Å². The number of aliphatic hydroxyl groups excluding tert-OH is 16. The van der Waals surface area contributed by atoms with Crippen LogP contribution in [0.1, 0.15) is 93.4 Å². The minimum atomic E-state index is -2.08. The van der Waals surface area contributed by atoms with Gasteiger partial charge in [0.1, 0.15) is 90.4 Å². The van der Waals surface area contributed by atoms with Crippen molar-refractivity contribution in [3.05, 3.63) is 11.6 Å². The van der Waals surface area contributed by atoms with Crippen molar-refractivity contribution in [2.75, 3.05) is 39.6 Å². The number of aliphatic hydroxyl groups is 17. The molecule has 0 spiro atoms. The highest BCUT2D eigenvalue weighted by Crippen LogP contribution is 2.76. The monoisotopic (exact) mass is 1220 g/mol. The first-order valence-electron chi connectivity index (χ1n) is 29.8. The third kappa shape index (κ3) is 10.6. The first-order chi connectivity index (χ1) is 39.7. The number of hydrogen-bond acceptors (Lipinski definition) is 28. The van der Waals surface area contributed by atoms with Crippen molar-refractivity contribution in [2.24, 2.45) is 50.2 Å². The fourth-order valence-electron chi connectivity index (χ4n) is 17.5. The van der Waals surface area contributed by atoms with Crippen LogP contribution in [-0.4, -0.2) is 285 Å². The summed E-state index contributed by atoms with van der Waals surface area (Å²) < 4.78 is 58.5. The Bertz CT molecular complexity index is 2400. The smallest absolute Gasteiger partial charge is 0.317 e. The number of fused-ring (bicyclic) bond motifs is 7. The molecule has 0 aromatic heterocycles. The molecule has 0 aromatic carbocycles. The van der Waals surface area contributed by atoms with Gasteiger partial charge in [0, 0.05) is 11.3 Å². The van der Waals surface area contributed by atoms with Crippen LogP contribution in [0.25, 0.3) is 0 Å². The Morgan fingerprint density at radius 2 is 1.24 bits per heavy atom. The highest BCUT2D eigenvalue weighted by molar-refractivity contribution is 5.80. The minimum absolute atomic E-state index is 0.00608. The molecule has 0 amide bonds. The number of rotatable bonds is 13. The molecule has 5 saturated heterocycles. The molecule has 0 aromatic rings. The summed E-state index contributed by atoms with van der Waals surface area (Å²) in [5, 5.41) is 189. The molecule has 9 fully saturated rings. The van der Waals surface area contributed by atoms with Crippen LogP contribution >= 0.6 is 0 Å². The van der Waals surface area contributed by atoms with Crippen LogP contribution in [0.3, 0.4) is 0 Å². The molecule has 5 aliphatic carbocycles. The van der Waals surface area contributed by atoms with Crippen molar-refractivity contribution < 1.29 is 139 Å². The first-order valence-corrected chi connectivity index (χ1v) is 29.8. The van der Waals surface area contributed by atoms with Crippen LogP contribution < -0.4 is 0 Å². The maximum Gasteiger partial charge on any atom is 0.317 e. The van der Waals surface area contributed by atoms with Gasteiger partial charge >= 0.3 is 5.97 Å². The zero-order valence-corrected chi connectivity index (χ0v) is 49.0. The Hall–Kier alpha value is -1.83. The van der Waals surface area contributed by atoms with Gasteiger partial charge in [-0.15, -0.1) is 0 Å². The van der Waals surface area contributed by atoms with Gasteiger partial charge in [-0.05, 0) is 85.4 Å². The van der Waals surface area contributed by atoms with Crippen molar-refractivity contribution in [1.29, 1.82) is 0 Å². The van der Waals surface area contributed by atoms with Crippen molar-refractivity contribution in [2.45, 2.75) is 246 Å². The van der Waals surface area contributed by atoms with Gasteiger partial charge in [0.15, 0.2) is 31.3 Å². The van der Waals surface area contributed by atoms with Crippen molar-refractivity contribution in [3.63, 3.8) is 0 Å². The lowest BCUT2D eigenvalue weighted by Crippen LogP contribution is -2.73. The van der Waals surface area contributed by atoms with E-state index in [0.717, 1.165) is 5.57 Å². The van der Waals surface area contributed by atoms with Gasteiger partial charge in [-0.2, -0.15) is 0 Å². The summed E-state index contributed by atoms with van der Waals surface area (Å²) in [5.74, 6) is -2.63. The molecule has 17 N–H and O–H groups in total. The van der Waals surface area contributed by atoms with Crippen molar-refractivity contribution in [1.82, 2.24) is 0 Å². The van der Waals surface area contributed by atoms with Gasteiger partial charge in [0.25, 0.3) is 0 Å². The van der Waals surface area contributed by atoms with E-state index >= 15 is 4.79 Å². The lowest BCUT2D eigenvalue weighted by atomic mass is 9.32. The molecular weight excluding hydrogens is 1130 g/mol. The van der Waals surface area contributed by atoms with Crippen LogP contribution in [-0.2, 0) is 52.2 Å². The topological polar surface area (TPSA) is 453 Å². The van der Waals surface area contributed by atoms with E-state index in [1.165, 1.54) is 6.92 Å². The highest BCUT2D eigenvalue weighted by Gasteiger charge is 2.75. The lowest BCUT2D eigenvalue weighted by Gasteiger charge is -2.73. The maximum atomic E-state index is 15.4. The van der Waals surface area contributed by atoms with E-state index in [0.29, 0.717) is 19.3 Å². The molecule has 33 atom stereocenters. The molecule has 488 valence electrons. The van der Waals surface area contributed by atoms with E-state index in [1.54, 1.807) is 6.92 Å². The number of esters is 1. The summed E-state index contributed by atoms with van der Waals surface area (Å²) in [6.07, 6.45) is -35.0. The normalized spacial score (nSPS) is 56.0. The summed E-state index contributed by atoms with van der Waals surface area (Å²) in [7, 11) is 0. The van der Waals surface area contributed by atoms with E-state index in [-0.39, 0.29) is 37.0 Å². The van der Waals surface area contributed by atoms with Crippen molar-refractivity contribution in [3.8, 4) is 0 Å². The second kappa shape index (κ2) is 23.7. The number of carbonyl (C=O) groups is 1. The maximum absolute atomic E-state index is 15.4. The van der Waals surface area contributed by atoms with E-state index in [2.05, 4.69) is 26.8 Å². The lowest BCUT2D eigenvalue weighted by molar-refractivity contribution is -0.372. The first kappa shape index (κ1) is 66.1. The Kier molecular flexibility index (Phi) is 18.4. The predicted molar refractivity (Wildman–Crippen MR) is 282 cm³/mol. The second-order valence-corrected chi connectivity index (χ2v) is 28.1. The van der Waals surface area contributed by atoms with Gasteiger partial charge in [-0.1, -0.05) is 53.2 Å². The Morgan fingerprint density at radius 3 is 1.89 bits per heavy atom. The van der Waals surface area contributed by atoms with Crippen LogP contribution in [0.5, 0.6) is 0 Å². The van der Waals surface area contributed by atoms with E-state index in [1.807, 2.05) is 13.8 Å². The Balaban J connectivity index is 0.867. The fraction of sp³-hybridized carbons (Fsp3) is 0.947.